The molecule has 0 amide bonds. The standard InChI is InChI=1S/C19H32O13/c1-7(21)4-12(23)31-18-11(6-28-9(3)22)30-19(16(27)15(18)26)32-17-8(2)29-10(5-20)13(24)14(17)25/h7-8,10-11,13-21,24-27H,4-6H2,1-3H3/t7?,8-,10?,11?,13+,14?,15?,16-,17+,18+,19-/m0/s1. The van der Waals surface area contributed by atoms with Gasteiger partial charge < -0.3 is 54.3 Å². The molecule has 0 aromatic rings. The quantitative estimate of drug-likeness (QED) is 0.192. The summed E-state index contributed by atoms with van der Waals surface area (Å²) in [5.41, 5.74) is 0. The van der Waals surface area contributed by atoms with Crippen LogP contribution < -0.4 is 0 Å². The molecule has 2 aliphatic rings. The van der Waals surface area contributed by atoms with Crippen LogP contribution in [0.5, 0.6) is 0 Å². The van der Waals surface area contributed by atoms with E-state index < -0.39 is 92.5 Å². The maximum atomic E-state index is 12.0. The minimum absolute atomic E-state index is 0.382. The predicted molar refractivity (Wildman–Crippen MR) is 102 cm³/mol. The Morgan fingerprint density at radius 1 is 0.969 bits per heavy atom. The molecule has 186 valence electrons. The third kappa shape index (κ3) is 6.56. The smallest absolute Gasteiger partial charge is 0.308 e. The molecule has 0 aromatic carbocycles. The third-order valence-electron chi connectivity index (χ3n) is 5.21. The minimum atomic E-state index is -1.76. The molecule has 0 spiro atoms. The number of hydrogen-bond acceptors (Lipinski definition) is 13. The van der Waals surface area contributed by atoms with E-state index in [9.17, 15) is 40.2 Å². The fourth-order valence-electron chi connectivity index (χ4n) is 3.56. The van der Waals surface area contributed by atoms with Crippen LogP contribution in [0.4, 0.5) is 0 Å². The van der Waals surface area contributed by atoms with Crippen LogP contribution in [0.3, 0.4) is 0 Å². The van der Waals surface area contributed by atoms with Crippen LogP contribution in [0.1, 0.15) is 27.2 Å². The lowest BCUT2D eigenvalue weighted by Gasteiger charge is -2.46. The van der Waals surface area contributed by atoms with Gasteiger partial charge in [0.2, 0.25) is 0 Å². The van der Waals surface area contributed by atoms with E-state index in [1.165, 1.54) is 13.8 Å². The molecule has 6 N–H and O–H groups in total. The molecule has 0 saturated carbocycles. The number of aliphatic hydroxyl groups excluding tert-OH is 6. The number of hydrogen-bond donors (Lipinski definition) is 6. The molecule has 2 fully saturated rings. The molecule has 32 heavy (non-hydrogen) atoms. The number of carbonyl (C=O) groups excluding carboxylic acids is 2. The third-order valence-corrected chi connectivity index (χ3v) is 5.21. The van der Waals surface area contributed by atoms with Crippen LogP contribution in [0, 0.1) is 0 Å². The van der Waals surface area contributed by atoms with E-state index in [4.69, 9.17) is 23.7 Å². The van der Waals surface area contributed by atoms with Crippen molar-refractivity contribution in [2.24, 2.45) is 0 Å². The summed E-state index contributed by atoms with van der Waals surface area (Å²) in [5.74, 6) is -1.56. The van der Waals surface area contributed by atoms with Gasteiger partial charge in [0.25, 0.3) is 0 Å². The zero-order valence-corrected chi connectivity index (χ0v) is 18.0. The molecule has 2 aliphatic heterocycles. The van der Waals surface area contributed by atoms with Crippen LogP contribution in [-0.4, -0.2) is 123 Å². The zero-order chi connectivity index (χ0) is 24.2. The Morgan fingerprint density at radius 2 is 1.59 bits per heavy atom. The summed E-state index contributed by atoms with van der Waals surface area (Å²) < 4.78 is 26.6. The average molecular weight is 468 g/mol. The van der Waals surface area contributed by atoms with Gasteiger partial charge in [0.15, 0.2) is 12.4 Å². The highest BCUT2D eigenvalue weighted by Gasteiger charge is 2.51. The maximum absolute atomic E-state index is 12.0. The first-order valence-electron chi connectivity index (χ1n) is 10.3. The molecule has 2 saturated heterocycles. The van der Waals surface area contributed by atoms with E-state index in [-0.39, 0.29) is 6.42 Å². The van der Waals surface area contributed by atoms with E-state index in [1.807, 2.05) is 0 Å². The second-order valence-corrected chi connectivity index (χ2v) is 7.98. The van der Waals surface area contributed by atoms with Crippen molar-refractivity contribution in [2.45, 2.75) is 94.5 Å². The van der Waals surface area contributed by atoms with Crippen molar-refractivity contribution in [1.82, 2.24) is 0 Å². The molecule has 13 heteroatoms. The van der Waals surface area contributed by atoms with Crippen molar-refractivity contribution in [3.63, 3.8) is 0 Å². The number of ether oxygens (including phenoxy) is 5. The van der Waals surface area contributed by atoms with E-state index >= 15 is 0 Å². The van der Waals surface area contributed by atoms with Crippen molar-refractivity contribution >= 4 is 11.9 Å². The van der Waals surface area contributed by atoms with E-state index in [1.54, 1.807) is 0 Å². The number of esters is 2. The topological polar surface area (TPSA) is 202 Å². The number of aliphatic hydroxyl groups is 6. The molecule has 11 atom stereocenters. The fourth-order valence-corrected chi connectivity index (χ4v) is 3.56. The Bertz CT molecular complexity index is 628. The molecule has 2 rings (SSSR count). The monoisotopic (exact) mass is 468 g/mol. The van der Waals surface area contributed by atoms with Crippen LogP contribution in [0.2, 0.25) is 0 Å². The second kappa shape index (κ2) is 11.6. The molecule has 2 heterocycles. The summed E-state index contributed by atoms with van der Waals surface area (Å²) in [6, 6.07) is 0. The Balaban J connectivity index is 2.16. The SMILES string of the molecule is CC(=O)OCC1O[C@@H](O[C@H]2C(O)[C@H](O)C(CO)O[C@H]2C)[C@@H](O)C(O)[C@@H]1OC(=O)CC(C)O. The Hall–Kier alpha value is -1.42. The van der Waals surface area contributed by atoms with Crippen LogP contribution in [0.25, 0.3) is 0 Å². The van der Waals surface area contributed by atoms with Gasteiger partial charge in [-0.05, 0) is 13.8 Å². The Labute approximate surface area is 184 Å². The molecule has 5 unspecified atom stereocenters. The number of rotatable bonds is 8. The molecule has 0 aromatic heterocycles. The molecule has 0 radical (unpaired) electrons. The summed E-state index contributed by atoms with van der Waals surface area (Å²) in [6.45, 7) is 3.00. The minimum Gasteiger partial charge on any atom is -0.463 e. The lowest BCUT2D eigenvalue weighted by Crippen LogP contribution is -2.64. The predicted octanol–water partition coefficient (Wildman–Crippen LogP) is -3.43. The van der Waals surface area contributed by atoms with E-state index in [2.05, 4.69) is 0 Å². The van der Waals surface area contributed by atoms with E-state index in [0.717, 1.165) is 6.92 Å². The zero-order valence-electron chi connectivity index (χ0n) is 18.0. The van der Waals surface area contributed by atoms with Crippen LogP contribution in [-0.2, 0) is 33.3 Å². The molecule has 0 aliphatic carbocycles. The van der Waals surface area contributed by atoms with Gasteiger partial charge in [0.05, 0.1) is 25.2 Å². The number of carbonyl (C=O) groups is 2. The van der Waals surface area contributed by atoms with E-state index in [0.29, 0.717) is 0 Å². The van der Waals surface area contributed by atoms with Crippen molar-refractivity contribution < 1.29 is 63.9 Å². The van der Waals surface area contributed by atoms with Gasteiger partial charge in [-0.3, -0.25) is 9.59 Å². The van der Waals surface area contributed by atoms with Gasteiger partial charge in [-0.2, -0.15) is 0 Å². The summed E-state index contributed by atoms with van der Waals surface area (Å²) in [4.78, 5) is 23.2. The van der Waals surface area contributed by atoms with Gasteiger partial charge in [0, 0.05) is 6.92 Å². The maximum Gasteiger partial charge on any atom is 0.308 e. The highest BCUT2D eigenvalue weighted by atomic mass is 16.7. The van der Waals surface area contributed by atoms with Crippen molar-refractivity contribution in [3.05, 3.63) is 0 Å². The second-order valence-electron chi connectivity index (χ2n) is 7.98. The van der Waals surface area contributed by atoms with Crippen LogP contribution >= 0.6 is 0 Å². The van der Waals surface area contributed by atoms with Gasteiger partial charge in [-0.25, -0.2) is 0 Å². The summed E-state index contributed by atoms with van der Waals surface area (Å²) >= 11 is 0. The van der Waals surface area contributed by atoms with Gasteiger partial charge >= 0.3 is 11.9 Å². The first kappa shape index (κ1) is 26.8. The molecule has 0 bridgehead atoms. The summed E-state index contributed by atoms with van der Waals surface area (Å²) in [7, 11) is 0. The molecule has 13 nitrogen and oxygen atoms in total. The Kier molecular flexibility index (Phi) is 9.75. The fraction of sp³-hybridized carbons (Fsp3) is 0.895. The average Bonchev–Trinajstić information content (AvgIpc) is 2.71. The molecular formula is C19H32O13. The lowest BCUT2D eigenvalue weighted by molar-refractivity contribution is -0.341. The first-order chi connectivity index (χ1) is 15.0. The summed E-state index contributed by atoms with van der Waals surface area (Å²) in [6.07, 6.45) is -15.3. The van der Waals surface area contributed by atoms with Crippen molar-refractivity contribution in [2.75, 3.05) is 13.2 Å². The Morgan fingerprint density at radius 3 is 2.16 bits per heavy atom. The van der Waals surface area contributed by atoms with Gasteiger partial charge in [-0.1, -0.05) is 0 Å². The lowest BCUT2D eigenvalue weighted by atomic mass is 9.95. The highest BCUT2D eigenvalue weighted by molar-refractivity contribution is 5.70. The highest BCUT2D eigenvalue weighted by Crippen LogP contribution is 2.30. The van der Waals surface area contributed by atoms with Crippen molar-refractivity contribution in [3.8, 4) is 0 Å². The largest absolute Gasteiger partial charge is 0.463 e. The van der Waals surface area contributed by atoms with Crippen LogP contribution in [0.15, 0.2) is 0 Å². The summed E-state index contributed by atoms with van der Waals surface area (Å²) in [5, 5.41) is 60.1. The normalized spacial score (nSPS) is 41.0. The van der Waals surface area contributed by atoms with Crippen molar-refractivity contribution in [1.29, 1.82) is 0 Å². The molecular weight excluding hydrogens is 436 g/mol. The van der Waals surface area contributed by atoms with Gasteiger partial charge in [0.1, 0.15) is 49.3 Å². The first-order valence-corrected chi connectivity index (χ1v) is 10.3. The van der Waals surface area contributed by atoms with Gasteiger partial charge in [-0.15, -0.1) is 0 Å².